The molecule has 106 valence electrons. The van der Waals surface area contributed by atoms with Gasteiger partial charge >= 0.3 is 0 Å². The van der Waals surface area contributed by atoms with E-state index in [2.05, 4.69) is 15.3 Å². The number of aromatic nitrogens is 2. The van der Waals surface area contributed by atoms with Gasteiger partial charge < -0.3 is 5.32 Å². The number of nitriles is 1. The summed E-state index contributed by atoms with van der Waals surface area (Å²) < 4.78 is 0. The highest BCUT2D eigenvalue weighted by molar-refractivity contribution is 6.29. The number of hydrogen-bond donors (Lipinski definition) is 1. The number of pyridine rings is 2. The van der Waals surface area contributed by atoms with Gasteiger partial charge in [0.1, 0.15) is 17.0 Å². The Morgan fingerprint density at radius 3 is 2.86 bits per heavy atom. The largest absolute Gasteiger partial charge is 0.307 e. The summed E-state index contributed by atoms with van der Waals surface area (Å²) in [7, 11) is 0. The van der Waals surface area contributed by atoms with E-state index in [9.17, 15) is 4.79 Å². The summed E-state index contributed by atoms with van der Waals surface area (Å²) in [6, 6.07) is 8.36. The van der Waals surface area contributed by atoms with E-state index in [-0.39, 0.29) is 5.91 Å². The van der Waals surface area contributed by atoms with Crippen LogP contribution < -0.4 is 5.32 Å². The Morgan fingerprint density at radius 2 is 2.24 bits per heavy atom. The van der Waals surface area contributed by atoms with Crippen LogP contribution >= 0.6 is 11.6 Å². The van der Waals surface area contributed by atoms with Gasteiger partial charge in [-0.05, 0) is 30.7 Å². The molecule has 0 saturated heterocycles. The first-order chi connectivity index (χ1) is 10.1. The minimum atomic E-state index is -0.311. The van der Waals surface area contributed by atoms with Gasteiger partial charge in [0.25, 0.3) is 5.91 Å². The Labute approximate surface area is 127 Å². The zero-order valence-electron chi connectivity index (χ0n) is 11.4. The molecule has 0 aromatic carbocycles. The topological polar surface area (TPSA) is 78.7 Å². The smallest absolute Gasteiger partial charge is 0.256 e. The first kappa shape index (κ1) is 14.9. The van der Waals surface area contributed by atoms with Crippen LogP contribution in [0.2, 0.25) is 5.15 Å². The van der Waals surface area contributed by atoms with Gasteiger partial charge in [-0.3, -0.25) is 4.79 Å². The monoisotopic (exact) mass is 300 g/mol. The first-order valence-corrected chi connectivity index (χ1v) is 6.84. The molecule has 0 fully saturated rings. The van der Waals surface area contributed by atoms with Gasteiger partial charge in [0, 0.05) is 17.5 Å². The van der Waals surface area contributed by atoms with Crippen LogP contribution in [0.4, 0.5) is 5.82 Å². The Hall–Kier alpha value is -2.45. The van der Waals surface area contributed by atoms with Crippen LogP contribution in [-0.4, -0.2) is 15.9 Å². The van der Waals surface area contributed by atoms with E-state index in [1.54, 1.807) is 18.2 Å². The fourth-order valence-corrected chi connectivity index (χ4v) is 2.02. The zero-order valence-corrected chi connectivity index (χ0v) is 12.2. The van der Waals surface area contributed by atoms with Gasteiger partial charge in [-0.15, -0.1) is 0 Å². The summed E-state index contributed by atoms with van der Waals surface area (Å²) in [5.74, 6) is 0.0674. The number of nitrogens with one attached hydrogen (secondary N) is 1. The summed E-state index contributed by atoms with van der Waals surface area (Å²) in [6.45, 7) is 2.03. The van der Waals surface area contributed by atoms with Crippen LogP contribution in [0.3, 0.4) is 0 Å². The fraction of sp³-hybridized carbons (Fsp3) is 0.200. The van der Waals surface area contributed by atoms with E-state index >= 15 is 0 Å². The van der Waals surface area contributed by atoms with E-state index in [0.29, 0.717) is 22.1 Å². The number of carbonyl (C=O) groups excluding carboxylic acids is 1. The van der Waals surface area contributed by atoms with Crippen molar-refractivity contribution in [2.75, 3.05) is 5.32 Å². The molecule has 0 spiro atoms. The summed E-state index contributed by atoms with van der Waals surface area (Å²) in [4.78, 5) is 20.3. The van der Waals surface area contributed by atoms with Gasteiger partial charge in [-0.1, -0.05) is 24.9 Å². The summed E-state index contributed by atoms with van der Waals surface area (Å²) in [5.41, 5.74) is 1.65. The lowest BCUT2D eigenvalue weighted by Gasteiger charge is -2.06. The molecule has 21 heavy (non-hydrogen) atoms. The summed E-state index contributed by atoms with van der Waals surface area (Å²) in [6.07, 6.45) is 3.08. The molecule has 0 bridgehead atoms. The molecule has 1 N–H and O–H groups in total. The van der Waals surface area contributed by atoms with Crippen molar-refractivity contribution in [3.63, 3.8) is 0 Å². The predicted molar refractivity (Wildman–Crippen MR) is 80.1 cm³/mol. The molecule has 0 radical (unpaired) electrons. The molecule has 1 amide bonds. The van der Waals surface area contributed by atoms with Crippen LogP contribution in [0.1, 0.15) is 35.0 Å². The van der Waals surface area contributed by atoms with Gasteiger partial charge in [0.2, 0.25) is 0 Å². The number of nitrogens with zero attached hydrogens (tertiary/aromatic N) is 3. The molecule has 0 aliphatic heterocycles. The minimum absolute atomic E-state index is 0.291. The second kappa shape index (κ2) is 6.82. The maximum Gasteiger partial charge on any atom is 0.256 e. The van der Waals surface area contributed by atoms with Crippen molar-refractivity contribution in [3.05, 3.63) is 52.4 Å². The highest BCUT2D eigenvalue weighted by atomic mass is 35.5. The van der Waals surface area contributed by atoms with Crippen LogP contribution in [0, 0.1) is 11.3 Å². The predicted octanol–water partition coefficient (Wildman–Crippen LogP) is 3.21. The number of aryl methyl sites for hydroxylation is 1. The fourth-order valence-electron chi connectivity index (χ4n) is 1.79. The van der Waals surface area contributed by atoms with E-state index < -0.39 is 0 Å². The highest BCUT2D eigenvalue weighted by Crippen LogP contribution is 2.14. The molecule has 5 nitrogen and oxygen atoms in total. The number of rotatable bonds is 4. The van der Waals surface area contributed by atoms with Crippen molar-refractivity contribution in [2.24, 2.45) is 0 Å². The molecule has 0 atom stereocenters. The quantitative estimate of drug-likeness (QED) is 0.879. The Balaban J connectivity index is 2.17. The standard InChI is InChI=1S/C15H13ClN4O/c1-2-3-12-6-11(7-13(16)19-12)15(21)20-14-5-4-10(8-17)9-18-14/h4-7,9H,2-3H2,1H3,(H,18,20,21). The van der Waals surface area contributed by atoms with Crippen molar-refractivity contribution in [1.29, 1.82) is 5.26 Å². The van der Waals surface area contributed by atoms with Gasteiger partial charge in [0.05, 0.1) is 5.56 Å². The minimum Gasteiger partial charge on any atom is -0.307 e. The van der Waals surface area contributed by atoms with Crippen molar-refractivity contribution >= 4 is 23.3 Å². The highest BCUT2D eigenvalue weighted by Gasteiger charge is 2.10. The maximum atomic E-state index is 12.2. The van der Waals surface area contributed by atoms with E-state index in [1.165, 1.54) is 12.3 Å². The van der Waals surface area contributed by atoms with Crippen molar-refractivity contribution in [3.8, 4) is 6.07 Å². The molecule has 6 heteroatoms. The van der Waals surface area contributed by atoms with Gasteiger partial charge in [0.15, 0.2) is 0 Å². The van der Waals surface area contributed by atoms with Crippen LogP contribution in [0.5, 0.6) is 0 Å². The number of halogens is 1. The normalized spacial score (nSPS) is 9.95. The SMILES string of the molecule is CCCc1cc(C(=O)Nc2ccc(C#N)cn2)cc(Cl)n1. The maximum absolute atomic E-state index is 12.2. The van der Waals surface area contributed by atoms with E-state index in [4.69, 9.17) is 16.9 Å². The molecular weight excluding hydrogens is 288 g/mol. The lowest BCUT2D eigenvalue weighted by molar-refractivity contribution is 0.102. The van der Waals surface area contributed by atoms with Crippen molar-refractivity contribution < 1.29 is 4.79 Å². The first-order valence-electron chi connectivity index (χ1n) is 6.46. The van der Waals surface area contributed by atoms with E-state index in [0.717, 1.165) is 18.5 Å². The molecule has 2 aromatic heterocycles. The molecule has 0 aliphatic carbocycles. The molecular formula is C15H13ClN4O. The Bertz CT molecular complexity index is 692. The van der Waals surface area contributed by atoms with Crippen molar-refractivity contribution in [2.45, 2.75) is 19.8 Å². The Morgan fingerprint density at radius 1 is 1.43 bits per heavy atom. The molecule has 0 saturated carbocycles. The van der Waals surface area contributed by atoms with Crippen LogP contribution in [0.15, 0.2) is 30.5 Å². The zero-order chi connectivity index (χ0) is 15.2. The summed E-state index contributed by atoms with van der Waals surface area (Å²) >= 11 is 5.93. The average Bonchev–Trinajstić information content (AvgIpc) is 2.48. The van der Waals surface area contributed by atoms with E-state index in [1.807, 2.05) is 13.0 Å². The van der Waals surface area contributed by atoms with Crippen molar-refractivity contribution in [1.82, 2.24) is 9.97 Å². The lowest BCUT2D eigenvalue weighted by atomic mass is 10.1. The number of carbonyl (C=O) groups is 1. The lowest BCUT2D eigenvalue weighted by Crippen LogP contribution is -2.13. The van der Waals surface area contributed by atoms with Gasteiger partial charge in [-0.25, -0.2) is 9.97 Å². The third-order valence-corrected chi connectivity index (χ3v) is 2.94. The second-order valence-corrected chi connectivity index (χ2v) is 4.81. The van der Waals surface area contributed by atoms with Gasteiger partial charge in [-0.2, -0.15) is 5.26 Å². The Kier molecular flexibility index (Phi) is 4.85. The van der Waals surface area contributed by atoms with Crippen LogP contribution in [0.25, 0.3) is 0 Å². The average molecular weight is 301 g/mol. The third-order valence-electron chi connectivity index (χ3n) is 2.75. The van der Waals surface area contributed by atoms with Crippen LogP contribution in [-0.2, 0) is 6.42 Å². The number of amides is 1. The molecule has 2 heterocycles. The molecule has 0 aliphatic rings. The molecule has 2 rings (SSSR count). The number of anilines is 1. The molecule has 0 unspecified atom stereocenters. The number of hydrogen-bond acceptors (Lipinski definition) is 4. The third kappa shape index (κ3) is 4.01. The molecule has 2 aromatic rings. The summed E-state index contributed by atoms with van der Waals surface area (Å²) in [5, 5.41) is 11.7. The second-order valence-electron chi connectivity index (χ2n) is 4.42.